The first kappa shape index (κ1) is 20.4. The molecule has 1 heterocycles. The lowest BCUT2D eigenvalue weighted by atomic mass is 9.49. The molecule has 1 amide bonds. The summed E-state index contributed by atoms with van der Waals surface area (Å²) < 4.78 is 13.2. The van der Waals surface area contributed by atoms with Crippen molar-refractivity contribution in [3.63, 3.8) is 0 Å². The maximum Gasteiger partial charge on any atom is 0.224 e. The van der Waals surface area contributed by atoms with E-state index in [1.54, 1.807) is 0 Å². The van der Waals surface area contributed by atoms with Gasteiger partial charge in [0.1, 0.15) is 5.82 Å². The van der Waals surface area contributed by atoms with E-state index >= 15 is 0 Å². The zero-order chi connectivity index (χ0) is 21.7. The Labute approximate surface area is 190 Å². The standard InChI is InChI=1S/C28H33FN2O/c29-24-6-4-19(5-7-24)17-31-9-8-25-23(18-31)2-1-3-26(25)30-27(32)16-28-13-20-10-21(14-28)12-22(11-20)15-28/h1-7,20-22H,8-18H2,(H,30,32). The van der Waals surface area contributed by atoms with E-state index in [-0.39, 0.29) is 17.1 Å². The Hall–Kier alpha value is -2.20. The Bertz CT molecular complexity index is 979. The molecule has 7 rings (SSSR count). The second-order valence-corrected chi connectivity index (χ2v) is 11.2. The number of hydrogen-bond donors (Lipinski definition) is 1. The van der Waals surface area contributed by atoms with Gasteiger partial charge in [0, 0.05) is 31.7 Å². The van der Waals surface area contributed by atoms with E-state index in [0.29, 0.717) is 6.42 Å². The largest absolute Gasteiger partial charge is 0.326 e. The van der Waals surface area contributed by atoms with Crippen LogP contribution in [0, 0.1) is 29.0 Å². The van der Waals surface area contributed by atoms with Gasteiger partial charge >= 0.3 is 0 Å². The molecule has 0 spiro atoms. The van der Waals surface area contributed by atoms with E-state index in [1.165, 1.54) is 61.8 Å². The van der Waals surface area contributed by atoms with Crippen LogP contribution in [-0.4, -0.2) is 17.4 Å². The normalized spacial score (nSPS) is 30.8. The molecule has 4 bridgehead atoms. The van der Waals surface area contributed by atoms with Crippen molar-refractivity contribution >= 4 is 11.6 Å². The Morgan fingerprint density at radius 3 is 2.38 bits per heavy atom. The molecule has 0 aromatic heterocycles. The minimum atomic E-state index is -0.188. The quantitative estimate of drug-likeness (QED) is 0.635. The lowest BCUT2D eigenvalue weighted by Crippen LogP contribution is -2.47. The van der Waals surface area contributed by atoms with Crippen molar-refractivity contribution < 1.29 is 9.18 Å². The number of hydrogen-bond acceptors (Lipinski definition) is 2. The highest BCUT2D eigenvalue weighted by Gasteiger charge is 2.51. The summed E-state index contributed by atoms with van der Waals surface area (Å²) in [6.45, 7) is 2.64. The van der Waals surface area contributed by atoms with Crippen molar-refractivity contribution in [1.29, 1.82) is 0 Å². The molecule has 0 atom stereocenters. The van der Waals surface area contributed by atoms with E-state index in [4.69, 9.17) is 0 Å². The van der Waals surface area contributed by atoms with Gasteiger partial charge in [-0.05, 0) is 103 Å². The smallest absolute Gasteiger partial charge is 0.224 e. The number of halogens is 1. The maximum absolute atomic E-state index is 13.2. The Morgan fingerprint density at radius 1 is 1.00 bits per heavy atom. The fraction of sp³-hybridized carbons (Fsp3) is 0.536. The molecule has 168 valence electrons. The van der Waals surface area contributed by atoms with Crippen LogP contribution in [0.15, 0.2) is 42.5 Å². The van der Waals surface area contributed by atoms with Crippen LogP contribution in [-0.2, 0) is 24.3 Å². The lowest BCUT2D eigenvalue weighted by Gasteiger charge is -2.56. The molecule has 4 aliphatic carbocycles. The first-order valence-corrected chi connectivity index (χ1v) is 12.4. The Kier molecular flexibility index (Phi) is 5.09. The summed E-state index contributed by atoms with van der Waals surface area (Å²) >= 11 is 0. The molecule has 2 aromatic rings. The Morgan fingerprint density at radius 2 is 1.69 bits per heavy atom. The molecule has 1 aliphatic heterocycles. The van der Waals surface area contributed by atoms with Gasteiger partial charge < -0.3 is 5.32 Å². The summed E-state index contributed by atoms with van der Waals surface area (Å²) in [5.74, 6) is 2.67. The van der Waals surface area contributed by atoms with Crippen molar-refractivity contribution in [2.45, 2.75) is 64.5 Å². The summed E-state index contributed by atoms with van der Waals surface area (Å²) in [5.41, 5.74) is 5.01. The lowest BCUT2D eigenvalue weighted by molar-refractivity contribution is -0.124. The van der Waals surface area contributed by atoms with Crippen LogP contribution in [0.2, 0.25) is 0 Å². The zero-order valence-electron chi connectivity index (χ0n) is 18.8. The molecule has 2 aromatic carbocycles. The highest BCUT2D eigenvalue weighted by molar-refractivity contribution is 5.92. The number of carbonyl (C=O) groups excluding carboxylic acids is 1. The van der Waals surface area contributed by atoms with Crippen LogP contribution in [0.3, 0.4) is 0 Å². The van der Waals surface area contributed by atoms with Crippen LogP contribution in [0.5, 0.6) is 0 Å². The van der Waals surface area contributed by atoms with Crippen molar-refractivity contribution in [2.75, 3.05) is 11.9 Å². The van der Waals surface area contributed by atoms with Crippen molar-refractivity contribution in [1.82, 2.24) is 4.90 Å². The number of anilines is 1. The molecular weight excluding hydrogens is 399 g/mol. The number of amides is 1. The second-order valence-electron chi connectivity index (χ2n) is 11.2. The van der Waals surface area contributed by atoms with Crippen LogP contribution >= 0.6 is 0 Å². The SMILES string of the molecule is O=C(CC12CC3CC(CC(C3)C1)C2)Nc1cccc2c1CCN(Cc1ccc(F)cc1)C2. The summed E-state index contributed by atoms with van der Waals surface area (Å²) in [6.07, 6.45) is 9.72. The van der Waals surface area contributed by atoms with Gasteiger partial charge in [0.05, 0.1) is 0 Å². The number of fused-ring (bicyclic) bond motifs is 1. The molecule has 0 radical (unpaired) electrons. The average Bonchev–Trinajstić information content (AvgIpc) is 2.74. The predicted octanol–water partition coefficient (Wildman–Crippen LogP) is 5.93. The number of carbonyl (C=O) groups is 1. The summed E-state index contributed by atoms with van der Waals surface area (Å²) in [7, 11) is 0. The third kappa shape index (κ3) is 3.98. The van der Waals surface area contributed by atoms with Crippen LogP contribution in [0.25, 0.3) is 0 Å². The molecule has 1 N–H and O–H groups in total. The van der Waals surface area contributed by atoms with Crippen molar-refractivity contribution in [3.05, 3.63) is 65.0 Å². The van der Waals surface area contributed by atoms with E-state index in [9.17, 15) is 9.18 Å². The number of nitrogens with one attached hydrogen (secondary N) is 1. The second kappa shape index (κ2) is 7.98. The van der Waals surface area contributed by atoms with Crippen LogP contribution < -0.4 is 5.32 Å². The monoisotopic (exact) mass is 432 g/mol. The van der Waals surface area contributed by atoms with Crippen molar-refractivity contribution in [2.24, 2.45) is 23.2 Å². The first-order chi connectivity index (χ1) is 15.5. The van der Waals surface area contributed by atoms with Crippen LogP contribution in [0.1, 0.15) is 61.6 Å². The van der Waals surface area contributed by atoms with Gasteiger partial charge in [0.15, 0.2) is 0 Å². The van der Waals surface area contributed by atoms with Gasteiger partial charge in [0.2, 0.25) is 5.91 Å². The van der Waals surface area contributed by atoms with Gasteiger partial charge in [-0.2, -0.15) is 0 Å². The van der Waals surface area contributed by atoms with Crippen molar-refractivity contribution in [3.8, 4) is 0 Å². The van der Waals surface area contributed by atoms with Gasteiger partial charge in [0.25, 0.3) is 0 Å². The highest BCUT2D eigenvalue weighted by Crippen LogP contribution is 2.61. The molecule has 5 aliphatic rings. The molecule has 0 unspecified atom stereocenters. The molecular formula is C28H33FN2O. The third-order valence-corrected chi connectivity index (χ3v) is 8.64. The number of nitrogens with zero attached hydrogens (tertiary/aromatic N) is 1. The minimum absolute atomic E-state index is 0.188. The number of rotatable bonds is 5. The summed E-state index contributed by atoms with van der Waals surface area (Å²) in [4.78, 5) is 15.6. The highest BCUT2D eigenvalue weighted by atomic mass is 19.1. The number of benzene rings is 2. The van der Waals surface area contributed by atoms with Gasteiger partial charge in [-0.25, -0.2) is 4.39 Å². The molecule has 4 fully saturated rings. The van der Waals surface area contributed by atoms with Gasteiger partial charge in [-0.15, -0.1) is 0 Å². The average molecular weight is 433 g/mol. The maximum atomic E-state index is 13.2. The van der Waals surface area contributed by atoms with Crippen LogP contribution in [0.4, 0.5) is 10.1 Å². The molecule has 32 heavy (non-hydrogen) atoms. The molecule has 3 nitrogen and oxygen atoms in total. The summed E-state index contributed by atoms with van der Waals surface area (Å²) in [6, 6.07) is 13.1. The van der Waals surface area contributed by atoms with E-state index < -0.39 is 0 Å². The summed E-state index contributed by atoms with van der Waals surface area (Å²) in [5, 5.41) is 3.32. The molecule has 0 saturated heterocycles. The topological polar surface area (TPSA) is 32.3 Å². The first-order valence-electron chi connectivity index (χ1n) is 12.4. The fourth-order valence-corrected chi connectivity index (χ4v) is 7.81. The zero-order valence-corrected chi connectivity index (χ0v) is 18.8. The van der Waals surface area contributed by atoms with E-state index in [2.05, 4.69) is 28.4 Å². The minimum Gasteiger partial charge on any atom is -0.326 e. The fourth-order valence-electron chi connectivity index (χ4n) is 7.81. The van der Waals surface area contributed by atoms with Gasteiger partial charge in [-0.3, -0.25) is 9.69 Å². The Balaban J connectivity index is 1.12. The molecule has 4 saturated carbocycles. The molecule has 4 heteroatoms. The third-order valence-electron chi connectivity index (χ3n) is 8.64. The van der Waals surface area contributed by atoms with Gasteiger partial charge in [-0.1, -0.05) is 24.3 Å². The van der Waals surface area contributed by atoms with E-state index in [0.717, 1.165) is 55.1 Å². The predicted molar refractivity (Wildman–Crippen MR) is 125 cm³/mol. The van der Waals surface area contributed by atoms with E-state index in [1.807, 2.05) is 12.1 Å².